The average Bonchev–Trinajstić information content (AvgIpc) is 2.80. The second kappa shape index (κ2) is 9.09. The molecule has 0 saturated carbocycles. The maximum Gasteiger partial charge on any atom is 0.302 e. The Hall–Kier alpha value is -3.24. The highest BCUT2D eigenvalue weighted by molar-refractivity contribution is 7.86. The van der Waals surface area contributed by atoms with E-state index in [2.05, 4.69) is 0 Å². The molecule has 1 aliphatic heterocycles. The lowest BCUT2D eigenvalue weighted by Gasteiger charge is -2.39. The Bertz CT molecular complexity index is 1410. The van der Waals surface area contributed by atoms with Crippen LogP contribution in [0.25, 0.3) is 22.3 Å². The molecule has 0 radical (unpaired) electrons. The fraction of sp³-hybridized carbons (Fsp3) is 0.286. The standard InChI is InChI=1S/C21H20O13S/c22-7-11-13(25)15(27)16(28)21(32-11)34-19-14(26)12-9(23)6-10(24)20(35(29,30)31)18(12)33-17(19)8-4-2-1-3-5-8/h1-6,11,13,15-16,21-25,27-28H,7H2,(H,29,30,31)/t11-,13-,15+,16+,21+/m1/s1. The number of aliphatic hydroxyl groups is 4. The Kier molecular flexibility index (Phi) is 6.46. The summed E-state index contributed by atoms with van der Waals surface area (Å²) in [5.74, 6) is -3.18. The number of rotatable bonds is 5. The highest BCUT2D eigenvalue weighted by Gasteiger charge is 2.45. The van der Waals surface area contributed by atoms with Crippen molar-refractivity contribution in [1.82, 2.24) is 0 Å². The van der Waals surface area contributed by atoms with Gasteiger partial charge in [0.2, 0.25) is 17.5 Å². The molecule has 0 bridgehead atoms. The molecule has 1 fully saturated rings. The normalized spacial score (nSPS) is 25.0. The lowest BCUT2D eigenvalue weighted by Crippen LogP contribution is -2.60. The summed E-state index contributed by atoms with van der Waals surface area (Å²) in [6.45, 7) is -0.777. The van der Waals surface area contributed by atoms with Crippen LogP contribution in [0.1, 0.15) is 0 Å². The van der Waals surface area contributed by atoms with Crippen molar-refractivity contribution in [3.63, 3.8) is 0 Å². The first kappa shape index (κ1) is 24.9. The molecule has 5 atom stereocenters. The number of aromatic hydroxyl groups is 2. The molecular formula is C21H20O13S. The number of benzene rings is 2. The highest BCUT2D eigenvalue weighted by Crippen LogP contribution is 2.41. The van der Waals surface area contributed by atoms with E-state index >= 15 is 0 Å². The number of hydrogen-bond donors (Lipinski definition) is 7. The molecular weight excluding hydrogens is 492 g/mol. The summed E-state index contributed by atoms with van der Waals surface area (Å²) in [4.78, 5) is 12.2. The number of phenolic OH excluding ortho intramolecular Hbond substituents is 2. The topological polar surface area (TPSA) is 224 Å². The van der Waals surface area contributed by atoms with Gasteiger partial charge in [-0.3, -0.25) is 9.35 Å². The lowest BCUT2D eigenvalue weighted by molar-refractivity contribution is -0.277. The molecule has 4 rings (SSSR count). The molecule has 13 nitrogen and oxygen atoms in total. The number of phenols is 2. The van der Waals surface area contributed by atoms with Crippen LogP contribution in [-0.4, -0.2) is 80.9 Å². The van der Waals surface area contributed by atoms with Crippen molar-refractivity contribution in [1.29, 1.82) is 0 Å². The largest absolute Gasteiger partial charge is 0.507 e. The van der Waals surface area contributed by atoms with Gasteiger partial charge in [-0.2, -0.15) is 8.42 Å². The zero-order valence-electron chi connectivity index (χ0n) is 17.5. The molecule has 3 aromatic rings. The first-order chi connectivity index (χ1) is 16.5. The van der Waals surface area contributed by atoms with Crippen molar-refractivity contribution in [3.05, 3.63) is 46.6 Å². The summed E-state index contributed by atoms with van der Waals surface area (Å²) in [6, 6.07) is 8.03. The second-order valence-corrected chi connectivity index (χ2v) is 9.05. The third-order valence-electron chi connectivity index (χ3n) is 5.42. The van der Waals surface area contributed by atoms with Gasteiger partial charge < -0.3 is 44.5 Å². The first-order valence-electron chi connectivity index (χ1n) is 10.0. The number of ether oxygens (including phenoxy) is 2. The zero-order chi connectivity index (χ0) is 25.7. The SMILES string of the molecule is O=c1c(O[C@@H]2O[C@H](CO)[C@@H](O)[C@H](O)[C@@H]2O)c(-c2ccccc2)oc2c(S(=O)(=O)O)c(O)cc(O)c12. The smallest absolute Gasteiger partial charge is 0.302 e. The molecule has 188 valence electrons. The van der Waals surface area contributed by atoms with Gasteiger partial charge in [0.05, 0.1) is 6.61 Å². The van der Waals surface area contributed by atoms with E-state index < -0.39 is 91.7 Å². The average molecular weight is 512 g/mol. The molecule has 2 heterocycles. The first-order valence-corrected chi connectivity index (χ1v) is 11.5. The predicted molar refractivity (Wildman–Crippen MR) is 115 cm³/mol. The molecule has 0 aliphatic carbocycles. The third kappa shape index (κ3) is 4.32. The van der Waals surface area contributed by atoms with Gasteiger partial charge in [-0.25, -0.2) is 0 Å². The second-order valence-electron chi connectivity index (χ2n) is 7.69. The fourth-order valence-corrected chi connectivity index (χ4v) is 4.41. The quantitative estimate of drug-likeness (QED) is 0.210. The van der Waals surface area contributed by atoms with E-state index in [-0.39, 0.29) is 5.56 Å². The van der Waals surface area contributed by atoms with Crippen LogP contribution in [-0.2, 0) is 14.9 Å². The van der Waals surface area contributed by atoms with Crippen molar-refractivity contribution in [2.75, 3.05) is 6.61 Å². The van der Waals surface area contributed by atoms with Gasteiger partial charge >= 0.3 is 10.1 Å². The minimum atomic E-state index is -5.15. The predicted octanol–water partition coefficient (Wildman–Crippen LogP) is -0.703. The Morgan fingerprint density at radius 2 is 1.63 bits per heavy atom. The van der Waals surface area contributed by atoms with Gasteiger partial charge in [0, 0.05) is 11.6 Å². The van der Waals surface area contributed by atoms with Crippen LogP contribution in [0.15, 0.2) is 50.5 Å². The Morgan fingerprint density at radius 3 is 2.23 bits per heavy atom. The molecule has 14 heteroatoms. The molecule has 35 heavy (non-hydrogen) atoms. The zero-order valence-corrected chi connectivity index (χ0v) is 18.4. The summed E-state index contributed by atoms with van der Waals surface area (Å²) in [5, 5.41) is 59.2. The summed E-state index contributed by atoms with van der Waals surface area (Å²) >= 11 is 0. The summed E-state index contributed by atoms with van der Waals surface area (Å²) in [5.41, 5.74) is -1.94. The van der Waals surface area contributed by atoms with E-state index in [9.17, 15) is 48.4 Å². The molecule has 0 unspecified atom stereocenters. The van der Waals surface area contributed by atoms with E-state index in [1.807, 2.05) is 0 Å². The van der Waals surface area contributed by atoms with Gasteiger partial charge in [-0.1, -0.05) is 30.3 Å². The van der Waals surface area contributed by atoms with Gasteiger partial charge in [-0.05, 0) is 0 Å². The van der Waals surface area contributed by atoms with Crippen LogP contribution in [0.5, 0.6) is 17.2 Å². The van der Waals surface area contributed by atoms with E-state index in [0.29, 0.717) is 6.07 Å². The summed E-state index contributed by atoms with van der Waals surface area (Å²) in [6.07, 6.45) is -8.65. The van der Waals surface area contributed by atoms with Crippen molar-refractivity contribution < 1.29 is 57.5 Å². The van der Waals surface area contributed by atoms with Crippen LogP contribution in [0, 0.1) is 0 Å². The Balaban J connectivity index is 2.00. The minimum absolute atomic E-state index is 0.134. The molecule has 7 N–H and O–H groups in total. The molecule has 1 aromatic heterocycles. The number of hydrogen-bond acceptors (Lipinski definition) is 12. The van der Waals surface area contributed by atoms with E-state index in [0.717, 1.165) is 0 Å². The Morgan fingerprint density at radius 1 is 0.971 bits per heavy atom. The van der Waals surface area contributed by atoms with Gasteiger partial charge in [0.1, 0.15) is 41.3 Å². The van der Waals surface area contributed by atoms with Crippen LogP contribution in [0.3, 0.4) is 0 Å². The number of fused-ring (bicyclic) bond motifs is 1. The number of aliphatic hydroxyl groups excluding tert-OH is 4. The highest BCUT2D eigenvalue weighted by atomic mass is 32.2. The van der Waals surface area contributed by atoms with Gasteiger partial charge in [-0.15, -0.1) is 0 Å². The van der Waals surface area contributed by atoms with E-state index in [4.69, 9.17) is 13.9 Å². The molecule has 1 aliphatic rings. The van der Waals surface area contributed by atoms with Crippen molar-refractivity contribution in [2.24, 2.45) is 0 Å². The van der Waals surface area contributed by atoms with Crippen LogP contribution < -0.4 is 10.2 Å². The summed E-state index contributed by atoms with van der Waals surface area (Å²) < 4.78 is 49.8. The molecule has 0 amide bonds. The van der Waals surface area contributed by atoms with Crippen LogP contribution in [0.4, 0.5) is 0 Å². The fourth-order valence-electron chi connectivity index (χ4n) is 3.71. The van der Waals surface area contributed by atoms with Crippen LogP contribution in [0.2, 0.25) is 0 Å². The maximum absolute atomic E-state index is 13.4. The minimum Gasteiger partial charge on any atom is -0.507 e. The molecule has 0 spiro atoms. The third-order valence-corrected chi connectivity index (χ3v) is 6.33. The molecule has 1 saturated heterocycles. The van der Waals surface area contributed by atoms with Gasteiger partial charge in [0.25, 0.3) is 0 Å². The monoisotopic (exact) mass is 512 g/mol. The van der Waals surface area contributed by atoms with Crippen LogP contribution >= 0.6 is 0 Å². The van der Waals surface area contributed by atoms with Crippen molar-refractivity contribution in [3.8, 4) is 28.6 Å². The van der Waals surface area contributed by atoms with E-state index in [1.54, 1.807) is 6.07 Å². The Labute approximate surface area is 196 Å². The van der Waals surface area contributed by atoms with Gasteiger partial charge in [0.15, 0.2) is 16.2 Å². The van der Waals surface area contributed by atoms with Crippen molar-refractivity contribution in [2.45, 2.75) is 35.6 Å². The summed E-state index contributed by atoms with van der Waals surface area (Å²) in [7, 11) is -5.15. The molecule has 2 aromatic carbocycles. The van der Waals surface area contributed by atoms with Crippen molar-refractivity contribution >= 4 is 21.1 Å². The lowest BCUT2D eigenvalue weighted by atomic mass is 9.99. The van der Waals surface area contributed by atoms with E-state index in [1.165, 1.54) is 24.3 Å². The maximum atomic E-state index is 13.4.